The van der Waals surface area contributed by atoms with Crippen LogP contribution < -0.4 is 0 Å². The molecule has 0 bridgehead atoms. The van der Waals surface area contributed by atoms with Crippen LogP contribution in [0.15, 0.2) is 24.4 Å². The maximum Gasteiger partial charge on any atom is 0.336 e. The van der Waals surface area contributed by atoms with Gasteiger partial charge in [-0.2, -0.15) is 11.8 Å². The predicted molar refractivity (Wildman–Crippen MR) is 65.9 cm³/mol. The Bertz CT molecular complexity index is 586. The average molecular weight is 251 g/mol. The number of rotatable bonds is 3. The van der Waals surface area contributed by atoms with Gasteiger partial charge in [-0.3, -0.25) is 4.98 Å². The summed E-state index contributed by atoms with van der Waals surface area (Å²) >= 11 is 1.52. The first-order valence-corrected chi connectivity index (χ1v) is 6.32. The van der Waals surface area contributed by atoms with E-state index >= 15 is 0 Å². The number of carboxylic acids is 1. The summed E-state index contributed by atoms with van der Waals surface area (Å²) in [6.45, 7) is 0. The number of hydrogen-bond acceptors (Lipinski definition) is 3. The fraction of sp³-hybridized carbons (Fsp3) is 0.167. The highest BCUT2D eigenvalue weighted by molar-refractivity contribution is 7.97. The second kappa shape index (κ2) is 4.71. The van der Waals surface area contributed by atoms with Gasteiger partial charge in [0.15, 0.2) is 0 Å². The van der Waals surface area contributed by atoms with Gasteiger partial charge in [-0.05, 0) is 24.0 Å². The van der Waals surface area contributed by atoms with Crippen molar-refractivity contribution in [1.82, 2.24) is 4.98 Å². The maximum absolute atomic E-state index is 13.0. The van der Waals surface area contributed by atoms with Crippen molar-refractivity contribution < 1.29 is 14.3 Å². The van der Waals surface area contributed by atoms with Crippen LogP contribution >= 0.6 is 11.8 Å². The Hall–Kier alpha value is -1.62. The number of benzene rings is 1. The van der Waals surface area contributed by atoms with Gasteiger partial charge in [0.25, 0.3) is 0 Å². The minimum atomic E-state index is -1.01. The van der Waals surface area contributed by atoms with E-state index in [-0.39, 0.29) is 5.56 Å². The summed E-state index contributed by atoms with van der Waals surface area (Å²) in [7, 11) is 0. The third-order valence-corrected chi connectivity index (χ3v) is 3.02. The molecule has 0 radical (unpaired) electrons. The molecule has 0 aliphatic heterocycles. The lowest BCUT2D eigenvalue weighted by molar-refractivity contribution is 0.0698. The van der Waals surface area contributed by atoms with Gasteiger partial charge in [0.2, 0.25) is 0 Å². The molecule has 0 atom stereocenters. The first-order valence-electron chi connectivity index (χ1n) is 4.93. The summed E-state index contributed by atoms with van der Waals surface area (Å²) in [6, 6.07) is 3.95. The Balaban J connectivity index is 2.74. The smallest absolute Gasteiger partial charge is 0.336 e. The van der Waals surface area contributed by atoms with Crippen molar-refractivity contribution in [3.05, 3.63) is 41.3 Å². The Kier molecular flexibility index (Phi) is 3.28. The maximum atomic E-state index is 13.0. The SMILES string of the molecule is CSCc1cnc2cc(F)ccc2c1C(=O)O. The Morgan fingerprint density at radius 3 is 2.94 bits per heavy atom. The van der Waals surface area contributed by atoms with Crippen LogP contribution in [0, 0.1) is 5.82 Å². The van der Waals surface area contributed by atoms with Gasteiger partial charge in [-0.1, -0.05) is 0 Å². The number of carboxylic acid groups (broad SMARTS) is 1. The van der Waals surface area contributed by atoms with E-state index in [1.54, 1.807) is 0 Å². The van der Waals surface area contributed by atoms with E-state index in [9.17, 15) is 14.3 Å². The average Bonchev–Trinajstić information content (AvgIpc) is 2.28. The molecule has 0 aliphatic rings. The van der Waals surface area contributed by atoms with E-state index in [0.717, 1.165) is 0 Å². The molecule has 2 rings (SSSR count). The van der Waals surface area contributed by atoms with E-state index in [4.69, 9.17) is 0 Å². The summed E-state index contributed by atoms with van der Waals surface area (Å²) in [6.07, 6.45) is 3.39. The minimum absolute atomic E-state index is 0.212. The third kappa shape index (κ3) is 2.24. The van der Waals surface area contributed by atoms with Gasteiger partial charge in [0.05, 0.1) is 11.1 Å². The van der Waals surface area contributed by atoms with Crippen LogP contribution in [0.3, 0.4) is 0 Å². The number of hydrogen-bond donors (Lipinski definition) is 1. The van der Waals surface area contributed by atoms with Gasteiger partial charge in [-0.25, -0.2) is 9.18 Å². The molecule has 88 valence electrons. The number of aromatic nitrogens is 1. The summed E-state index contributed by atoms with van der Waals surface area (Å²) in [5.41, 5.74) is 1.24. The van der Waals surface area contributed by atoms with Crippen LogP contribution in [0.4, 0.5) is 4.39 Å². The van der Waals surface area contributed by atoms with Crippen LogP contribution in [0.2, 0.25) is 0 Å². The number of halogens is 1. The Labute approximate surface area is 102 Å². The topological polar surface area (TPSA) is 50.2 Å². The molecule has 0 saturated heterocycles. The highest BCUT2D eigenvalue weighted by atomic mass is 32.2. The summed E-state index contributed by atoms with van der Waals surface area (Å²) in [5.74, 6) is -0.853. The van der Waals surface area contributed by atoms with Crippen LogP contribution in [-0.4, -0.2) is 22.3 Å². The van der Waals surface area contributed by atoms with Gasteiger partial charge in [0, 0.05) is 23.4 Å². The highest BCUT2D eigenvalue weighted by Gasteiger charge is 2.15. The first-order chi connectivity index (χ1) is 8.13. The van der Waals surface area contributed by atoms with E-state index in [1.165, 1.54) is 36.2 Å². The highest BCUT2D eigenvalue weighted by Crippen LogP contribution is 2.23. The van der Waals surface area contributed by atoms with Crippen LogP contribution in [-0.2, 0) is 5.75 Å². The van der Waals surface area contributed by atoms with Crippen molar-refractivity contribution in [3.8, 4) is 0 Å². The normalized spacial score (nSPS) is 10.7. The molecule has 1 aromatic carbocycles. The summed E-state index contributed by atoms with van der Waals surface area (Å²) in [5, 5.41) is 9.71. The van der Waals surface area contributed by atoms with Gasteiger partial charge < -0.3 is 5.11 Å². The number of carbonyl (C=O) groups is 1. The fourth-order valence-corrected chi connectivity index (χ4v) is 2.26. The molecule has 0 spiro atoms. The third-order valence-electron chi connectivity index (χ3n) is 2.42. The standard InChI is InChI=1S/C12H10FNO2S/c1-17-6-7-5-14-10-4-8(13)2-3-9(10)11(7)12(15)16/h2-5H,6H2,1H3,(H,15,16). The molecule has 0 saturated carbocycles. The molecular weight excluding hydrogens is 241 g/mol. The zero-order chi connectivity index (χ0) is 12.4. The monoisotopic (exact) mass is 251 g/mol. The van der Waals surface area contributed by atoms with E-state index in [2.05, 4.69) is 4.98 Å². The molecule has 1 heterocycles. The predicted octanol–water partition coefficient (Wildman–Crippen LogP) is 2.94. The quantitative estimate of drug-likeness (QED) is 0.911. The molecule has 0 unspecified atom stereocenters. The lowest BCUT2D eigenvalue weighted by atomic mass is 10.0. The summed E-state index contributed by atoms with van der Waals surface area (Å²) in [4.78, 5) is 15.4. The van der Waals surface area contributed by atoms with Crippen molar-refractivity contribution in [1.29, 1.82) is 0 Å². The number of thioether (sulfide) groups is 1. The molecule has 1 N–H and O–H groups in total. The number of pyridine rings is 1. The number of aromatic carboxylic acids is 1. The second-order valence-corrected chi connectivity index (χ2v) is 4.42. The second-order valence-electron chi connectivity index (χ2n) is 3.56. The molecule has 5 heteroatoms. The zero-order valence-electron chi connectivity index (χ0n) is 9.11. The molecule has 2 aromatic rings. The lowest BCUT2D eigenvalue weighted by Crippen LogP contribution is -2.04. The molecule has 3 nitrogen and oxygen atoms in total. The molecular formula is C12H10FNO2S. The largest absolute Gasteiger partial charge is 0.478 e. The molecule has 0 aliphatic carbocycles. The lowest BCUT2D eigenvalue weighted by Gasteiger charge is -2.07. The number of nitrogens with zero attached hydrogens (tertiary/aromatic N) is 1. The van der Waals surface area contributed by atoms with Crippen molar-refractivity contribution >= 4 is 28.6 Å². The molecule has 17 heavy (non-hydrogen) atoms. The van der Waals surface area contributed by atoms with E-state index in [1.807, 2.05) is 6.26 Å². The van der Waals surface area contributed by atoms with Gasteiger partial charge in [-0.15, -0.1) is 0 Å². The van der Waals surface area contributed by atoms with Crippen molar-refractivity contribution in [3.63, 3.8) is 0 Å². The number of fused-ring (bicyclic) bond motifs is 1. The van der Waals surface area contributed by atoms with Crippen molar-refractivity contribution in [2.24, 2.45) is 0 Å². The van der Waals surface area contributed by atoms with Crippen LogP contribution in [0.5, 0.6) is 0 Å². The van der Waals surface area contributed by atoms with Crippen LogP contribution in [0.25, 0.3) is 10.9 Å². The van der Waals surface area contributed by atoms with E-state index in [0.29, 0.717) is 22.2 Å². The fourth-order valence-electron chi connectivity index (χ4n) is 1.73. The van der Waals surface area contributed by atoms with Gasteiger partial charge >= 0.3 is 5.97 Å². The minimum Gasteiger partial charge on any atom is -0.478 e. The van der Waals surface area contributed by atoms with Crippen LogP contribution in [0.1, 0.15) is 15.9 Å². The Morgan fingerprint density at radius 1 is 1.53 bits per heavy atom. The van der Waals surface area contributed by atoms with Gasteiger partial charge in [0.1, 0.15) is 5.82 Å². The van der Waals surface area contributed by atoms with Crippen molar-refractivity contribution in [2.75, 3.05) is 6.26 Å². The Morgan fingerprint density at radius 2 is 2.29 bits per heavy atom. The zero-order valence-corrected chi connectivity index (χ0v) is 9.92. The van der Waals surface area contributed by atoms with Crippen molar-refractivity contribution in [2.45, 2.75) is 5.75 Å². The molecule has 1 aromatic heterocycles. The molecule has 0 amide bonds. The molecule has 0 fully saturated rings. The summed E-state index contributed by atoms with van der Waals surface area (Å²) < 4.78 is 13.0. The van der Waals surface area contributed by atoms with E-state index < -0.39 is 11.8 Å². The first kappa shape index (κ1) is 11.9.